The lowest BCUT2D eigenvalue weighted by Gasteiger charge is -2.34. The maximum absolute atomic E-state index is 11.7. The fraction of sp³-hybridized carbons (Fsp3) is 0.625. The number of hydrogen-bond acceptors (Lipinski definition) is 2. The van der Waals surface area contributed by atoms with E-state index in [0.29, 0.717) is 23.3 Å². The predicted molar refractivity (Wildman–Crippen MR) is 141 cm³/mol. The van der Waals surface area contributed by atoms with Crippen molar-refractivity contribution in [3.8, 4) is 11.5 Å². The summed E-state index contributed by atoms with van der Waals surface area (Å²) in [6.45, 7) is 17.5. The summed E-state index contributed by atoms with van der Waals surface area (Å²) in [4.78, 5) is 0. The summed E-state index contributed by atoms with van der Waals surface area (Å²) in [5.74, 6) is 4.42. The Balaban J connectivity index is 1.71. The van der Waals surface area contributed by atoms with Gasteiger partial charge in [0, 0.05) is 0 Å². The molecule has 0 aliphatic heterocycles. The van der Waals surface area contributed by atoms with Gasteiger partial charge in [0.15, 0.2) is 0 Å². The smallest absolute Gasteiger partial charge is 0.122 e. The van der Waals surface area contributed by atoms with Crippen LogP contribution in [-0.2, 0) is 10.8 Å². The number of hydrogen-bond donors (Lipinski definition) is 2. The van der Waals surface area contributed by atoms with Gasteiger partial charge in [-0.05, 0) is 108 Å². The summed E-state index contributed by atoms with van der Waals surface area (Å²) in [6.07, 6.45) is 5.20. The van der Waals surface area contributed by atoms with Gasteiger partial charge >= 0.3 is 0 Å². The van der Waals surface area contributed by atoms with E-state index in [1.54, 1.807) is 0 Å². The second-order valence-electron chi connectivity index (χ2n) is 13.9. The molecule has 3 aliphatic carbocycles. The third-order valence-corrected chi connectivity index (χ3v) is 9.47. The summed E-state index contributed by atoms with van der Waals surface area (Å²) in [5, 5.41) is 23.3. The highest BCUT2D eigenvalue weighted by atomic mass is 16.3. The van der Waals surface area contributed by atoms with Gasteiger partial charge in [0.1, 0.15) is 11.5 Å². The van der Waals surface area contributed by atoms with E-state index in [2.05, 4.69) is 79.7 Å². The van der Waals surface area contributed by atoms with Crippen LogP contribution in [0.1, 0.15) is 112 Å². The average molecular weight is 461 g/mol. The summed E-state index contributed by atoms with van der Waals surface area (Å²) in [6, 6.07) is 8.83. The van der Waals surface area contributed by atoms with Gasteiger partial charge in [0.2, 0.25) is 0 Å². The standard InChI is InChI=1S/C32H44O2/c1-17-11-23(29(33)25(13-17)31(3,4)5)22-16-21-19-9-10-20(15-19)27(21)28(22)24-12-18(2)14-26(30(24)34)32(6,7)8/h11-14,19-22,27-28,33-34H,9-10,15-16H2,1-8H3/t19-,20+,21-,22-,27-,28-/m1/s1. The minimum Gasteiger partial charge on any atom is -0.507 e. The Morgan fingerprint density at radius 2 is 1.18 bits per heavy atom. The molecule has 2 aromatic carbocycles. The molecule has 3 fully saturated rings. The van der Waals surface area contributed by atoms with Crippen molar-refractivity contribution in [2.45, 2.75) is 104 Å². The van der Waals surface area contributed by atoms with Crippen LogP contribution in [0.4, 0.5) is 0 Å². The van der Waals surface area contributed by atoms with Crippen LogP contribution in [0, 0.1) is 37.5 Å². The zero-order valence-electron chi connectivity index (χ0n) is 22.5. The molecule has 184 valence electrons. The van der Waals surface area contributed by atoms with Gasteiger partial charge < -0.3 is 10.2 Å². The monoisotopic (exact) mass is 460 g/mol. The second-order valence-corrected chi connectivity index (χ2v) is 13.9. The molecular weight excluding hydrogens is 416 g/mol. The molecule has 2 aromatic rings. The van der Waals surface area contributed by atoms with E-state index in [1.807, 2.05) is 0 Å². The first-order valence-electron chi connectivity index (χ1n) is 13.5. The van der Waals surface area contributed by atoms with Crippen molar-refractivity contribution in [2.24, 2.45) is 23.7 Å². The lowest BCUT2D eigenvalue weighted by molar-refractivity contribution is 0.240. The molecule has 5 rings (SSSR count). The van der Waals surface area contributed by atoms with Gasteiger partial charge in [0.25, 0.3) is 0 Å². The third-order valence-electron chi connectivity index (χ3n) is 9.47. The van der Waals surface area contributed by atoms with Crippen LogP contribution in [-0.4, -0.2) is 10.2 Å². The molecule has 0 spiro atoms. The van der Waals surface area contributed by atoms with E-state index >= 15 is 0 Å². The van der Waals surface area contributed by atoms with E-state index in [9.17, 15) is 10.2 Å². The van der Waals surface area contributed by atoms with Crippen molar-refractivity contribution in [2.75, 3.05) is 0 Å². The molecule has 6 atom stereocenters. The molecule has 2 heteroatoms. The van der Waals surface area contributed by atoms with Gasteiger partial charge in [-0.15, -0.1) is 0 Å². The highest BCUT2D eigenvalue weighted by molar-refractivity contribution is 5.54. The fourth-order valence-corrected chi connectivity index (χ4v) is 8.11. The highest BCUT2D eigenvalue weighted by Crippen LogP contribution is 2.68. The molecule has 0 radical (unpaired) electrons. The Morgan fingerprint density at radius 1 is 0.676 bits per heavy atom. The molecular formula is C32H44O2. The minimum absolute atomic E-state index is 0.112. The summed E-state index contributed by atoms with van der Waals surface area (Å²) in [7, 11) is 0. The van der Waals surface area contributed by atoms with Gasteiger partial charge in [-0.25, -0.2) is 0 Å². The summed E-state index contributed by atoms with van der Waals surface area (Å²) >= 11 is 0. The minimum atomic E-state index is -0.113. The SMILES string of the molecule is Cc1cc([C@@H]2[C@@H]3[C@H]4CC[C@H](C4)[C@H]3C[C@@H]2c2cc(C)cc(C(C)(C)C)c2O)c(O)c(C(C)(C)C)c1. The van der Waals surface area contributed by atoms with Crippen LogP contribution >= 0.6 is 0 Å². The third kappa shape index (κ3) is 3.67. The van der Waals surface area contributed by atoms with Crippen LogP contribution in [0.5, 0.6) is 11.5 Å². The molecule has 34 heavy (non-hydrogen) atoms. The molecule has 0 unspecified atom stereocenters. The number of rotatable bonds is 2. The van der Waals surface area contributed by atoms with Crippen LogP contribution in [0.3, 0.4) is 0 Å². The number of fused-ring (bicyclic) bond motifs is 5. The van der Waals surface area contributed by atoms with E-state index in [-0.39, 0.29) is 22.7 Å². The van der Waals surface area contributed by atoms with E-state index < -0.39 is 0 Å². The largest absolute Gasteiger partial charge is 0.507 e. The molecule has 0 amide bonds. The predicted octanol–water partition coefficient (Wildman–Crippen LogP) is 8.24. The lowest BCUT2D eigenvalue weighted by atomic mass is 9.71. The average Bonchev–Trinajstić information content (AvgIpc) is 3.41. The van der Waals surface area contributed by atoms with Crippen molar-refractivity contribution in [3.05, 3.63) is 57.6 Å². The quantitative estimate of drug-likeness (QED) is 0.474. The van der Waals surface area contributed by atoms with E-state index in [1.165, 1.54) is 30.4 Å². The Kier molecular flexibility index (Phi) is 5.43. The van der Waals surface area contributed by atoms with Crippen molar-refractivity contribution in [1.29, 1.82) is 0 Å². The molecule has 3 saturated carbocycles. The van der Waals surface area contributed by atoms with Crippen molar-refractivity contribution in [3.63, 3.8) is 0 Å². The first-order chi connectivity index (χ1) is 15.8. The lowest BCUT2D eigenvalue weighted by Crippen LogP contribution is -2.23. The molecule has 2 nitrogen and oxygen atoms in total. The first-order valence-corrected chi connectivity index (χ1v) is 13.5. The van der Waals surface area contributed by atoms with Crippen molar-refractivity contribution >= 4 is 0 Å². The number of aryl methyl sites for hydroxylation is 2. The van der Waals surface area contributed by atoms with Crippen molar-refractivity contribution < 1.29 is 10.2 Å². The fourth-order valence-electron chi connectivity index (χ4n) is 8.11. The molecule has 2 N–H and O–H groups in total. The number of phenols is 2. The van der Waals surface area contributed by atoms with E-state index in [0.717, 1.165) is 40.5 Å². The summed E-state index contributed by atoms with van der Waals surface area (Å²) < 4.78 is 0. The number of phenolic OH excluding ortho intramolecular Hbond substituents is 2. The van der Waals surface area contributed by atoms with Gasteiger partial charge in [-0.2, -0.15) is 0 Å². The normalized spacial score (nSPS) is 30.7. The molecule has 0 aromatic heterocycles. The first kappa shape index (κ1) is 23.8. The Morgan fingerprint density at radius 3 is 1.74 bits per heavy atom. The zero-order valence-corrected chi connectivity index (χ0v) is 22.5. The van der Waals surface area contributed by atoms with Gasteiger partial charge in [0.05, 0.1) is 0 Å². The van der Waals surface area contributed by atoms with Crippen LogP contribution in [0.2, 0.25) is 0 Å². The second kappa shape index (κ2) is 7.77. The van der Waals surface area contributed by atoms with Crippen LogP contribution < -0.4 is 0 Å². The van der Waals surface area contributed by atoms with Gasteiger partial charge in [-0.1, -0.05) is 76.9 Å². The molecule has 3 aliphatic rings. The number of aromatic hydroxyl groups is 2. The Labute approximate surface area is 206 Å². The summed E-state index contributed by atoms with van der Waals surface area (Å²) in [5.41, 5.74) is 6.57. The van der Waals surface area contributed by atoms with Crippen LogP contribution in [0.15, 0.2) is 24.3 Å². The molecule has 0 heterocycles. The Hall–Kier alpha value is -1.96. The van der Waals surface area contributed by atoms with Crippen LogP contribution in [0.25, 0.3) is 0 Å². The van der Waals surface area contributed by atoms with Gasteiger partial charge in [-0.3, -0.25) is 0 Å². The Bertz CT molecular complexity index is 1110. The zero-order chi connectivity index (χ0) is 24.7. The maximum atomic E-state index is 11.7. The maximum Gasteiger partial charge on any atom is 0.122 e. The van der Waals surface area contributed by atoms with E-state index in [4.69, 9.17) is 0 Å². The highest BCUT2D eigenvalue weighted by Gasteiger charge is 2.58. The van der Waals surface area contributed by atoms with Crippen molar-refractivity contribution in [1.82, 2.24) is 0 Å². The molecule has 0 saturated heterocycles. The topological polar surface area (TPSA) is 40.5 Å². The molecule has 2 bridgehead atoms. The number of benzene rings is 2.